The molecule has 1 N–H and O–H groups in total. The van der Waals surface area contributed by atoms with Crippen molar-refractivity contribution in [3.8, 4) is 0 Å². The van der Waals surface area contributed by atoms with E-state index in [2.05, 4.69) is 4.98 Å². The molecule has 0 aromatic carbocycles. The van der Waals surface area contributed by atoms with E-state index < -0.39 is 7.60 Å². The summed E-state index contributed by atoms with van der Waals surface area (Å²) in [7, 11) is -3.68. The molecule has 2 unspecified atom stereocenters. The van der Waals surface area contributed by atoms with Crippen molar-refractivity contribution in [2.24, 2.45) is 0 Å². The molecule has 0 bridgehead atoms. The van der Waals surface area contributed by atoms with Gasteiger partial charge in [-0.25, -0.2) is 4.98 Å². The van der Waals surface area contributed by atoms with E-state index in [1.165, 1.54) is 0 Å². The Hall–Kier alpha value is -0.640. The summed E-state index contributed by atoms with van der Waals surface area (Å²) in [5, 5.41) is 0. The first-order valence-corrected chi connectivity index (χ1v) is 7.85. The van der Waals surface area contributed by atoms with Gasteiger partial charge in [-0.15, -0.1) is 0 Å². The molecule has 1 rings (SSSR count). The monoisotopic (exact) mass is 275 g/mol. The van der Waals surface area contributed by atoms with Gasteiger partial charge in [0.25, 0.3) is 0 Å². The fraction of sp³-hybridized carbons (Fsp3) is 0.750. The third kappa shape index (κ3) is 4.56. The summed E-state index contributed by atoms with van der Waals surface area (Å²) in [5.41, 5.74) is -0.164. The Kier molecular flexibility index (Phi) is 4.76. The van der Waals surface area contributed by atoms with Crippen LogP contribution in [0.4, 0.5) is 0 Å². The Morgan fingerprint density at radius 1 is 1.56 bits per heavy atom. The van der Waals surface area contributed by atoms with Crippen LogP contribution in [0.25, 0.3) is 0 Å². The van der Waals surface area contributed by atoms with E-state index in [0.717, 1.165) is 0 Å². The minimum absolute atomic E-state index is 0.164. The lowest BCUT2D eigenvalue weighted by atomic mass is 9.94. The second-order valence-corrected chi connectivity index (χ2v) is 7.29. The molecule has 0 aliphatic rings. The minimum Gasteiger partial charge on any atom is -0.444 e. The van der Waals surface area contributed by atoms with Gasteiger partial charge in [-0.1, -0.05) is 27.7 Å². The quantitative estimate of drug-likeness (QED) is 0.833. The Morgan fingerprint density at radius 2 is 2.17 bits per heavy atom. The van der Waals surface area contributed by atoms with Gasteiger partial charge in [-0.3, -0.25) is 4.57 Å². The molecule has 0 aliphatic carbocycles. The Morgan fingerprint density at radius 3 is 2.61 bits per heavy atom. The molecule has 18 heavy (non-hydrogen) atoms. The summed E-state index contributed by atoms with van der Waals surface area (Å²) in [6.07, 6.45) is 1.84. The third-order valence-electron chi connectivity index (χ3n) is 2.55. The zero-order valence-corrected chi connectivity index (χ0v) is 12.5. The third-order valence-corrected chi connectivity index (χ3v) is 3.91. The van der Waals surface area contributed by atoms with Gasteiger partial charge in [-0.05, 0) is 13.3 Å². The topological polar surface area (TPSA) is 72.6 Å². The number of hydrogen-bond acceptors (Lipinski definition) is 4. The van der Waals surface area contributed by atoms with Crippen LogP contribution in [-0.2, 0) is 20.7 Å². The van der Waals surface area contributed by atoms with Crippen LogP contribution < -0.4 is 0 Å². The van der Waals surface area contributed by atoms with Crippen LogP contribution in [-0.4, -0.2) is 16.0 Å². The first-order valence-electron chi connectivity index (χ1n) is 6.09. The van der Waals surface area contributed by atoms with Gasteiger partial charge in [0.05, 0.1) is 12.3 Å². The highest BCUT2D eigenvalue weighted by Crippen LogP contribution is 2.47. The predicted octanol–water partition coefficient (Wildman–Crippen LogP) is 3.47. The zero-order valence-electron chi connectivity index (χ0n) is 11.6. The number of oxazole rings is 1. The molecule has 0 aliphatic heterocycles. The summed E-state index contributed by atoms with van der Waals surface area (Å²) in [5.74, 6) is 0.940. The lowest BCUT2D eigenvalue weighted by molar-refractivity contribution is 0.183. The smallest absolute Gasteiger partial charge is 0.337 e. The fourth-order valence-electron chi connectivity index (χ4n) is 1.29. The van der Waals surface area contributed by atoms with Gasteiger partial charge in [0.15, 0.2) is 0 Å². The molecule has 0 radical (unpaired) electrons. The molecule has 5 nitrogen and oxygen atoms in total. The molecular weight excluding hydrogens is 253 g/mol. The van der Waals surface area contributed by atoms with Crippen LogP contribution in [0.1, 0.15) is 52.7 Å². The van der Waals surface area contributed by atoms with Crippen LogP contribution in [0, 0.1) is 0 Å². The van der Waals surface area contributed by atoms with E-state index in [0.29, 0.717) is 12.2 Å². The molecule has 2 atom stereocenters. The lowest BCUT2D eigenvalue weighted by Gasteiger charge is -2.16. The standard InChI is InChI=1S/C12H22NO4P/c1-6-9(2)17-18(14,15)8-11-13-7-10(16-11)12(3,4)5/h7,9H,6,8H2,1-5H3,(H,14,15). The lowest BCUT2D eigenvalue weighted by Crippen LogP contribution is -2.09. The molecule has 1 heterocycles. The SMILES string of the molecule is CCC(C)OP(=O)(O)Cc1ncc(C(C)(C)C)o1. The first-order chi connectivity index (χ1) is 8.14. The highest BCUT2D eigenvalue weighted by molar-refractivity contribution is 7.51. The predicted molar refractivity (Wildman–Crippen MR) is 69.6 cm³/mol. The molecule has 0 fully saturated rings. The number of rotatable bonds is 5. The highest BCUT2D eigenvalue weighted by atomic mass is 31.2. The Balaban J connectivity index is 2.73. The molecule has 1 aromatic rings. The van der Waals surface area contributed by atoms with Gasteiger partial charge in [-0.2, -0.15) is 0 Å². The van der Waals surface area contributed by atoms with Crippen LogP contribution in [0.3, 0.4) is 0 Å². The van der Waals surface area contributed by atoms with E-state index in [4.69, 9.17) is 8.94 Å². The van der Waals surface area contributed by atoms with Crippen molar-refractivity contribution in [3.05, 3.63) is 17.8 Å². The van der Waals surface area contributed by atoms with E-state index in [1.807, 2.05) is 27.7 Å². The normalized spacial score (nSPS) is 17.4. The summed E-state index contributed by atoms with van der Waals surface area (Å²) >= 11 is 0. The maximum absolute atomic E-state index is 11.8. The van der Waals surface area contributed by atoms with Crippen molar-refractivity contribution in [1.29, 1.82) is 0 Å². The Labute approximate surface area is 108 Å². The van der Waals surface area contributed by atoms with Crippen LogP contribution >= 0.6 is 7.60 Å². The number of hydrogen-bond donors (Lipinski definition) is 1. The maximum Gasteiger partial charge on any atom is 0.337 e. The van der Waals surface area contributed by atoms with Crippen molar-refractivity contribution in [2.45, 2.75) is 58.7 Å². The van der Waals surface area contributed by atoms with Crippen molar-refractivity contribution in [1.82, 2.24) is 4.98 Å². The van der Waals surface area contributed by atoms with Crippen molar-refractivity contribution in [2.75, 3.05) is 0 Å². The molecular formula is C12H22NO4P. The van der Waals surface area contributed by atoms with Crippen molar-refractivity contribution in [3.63, 3.8) is 0 Å². The van der Waals surface area contributed by atoms with E-state index in [-0.39, 0.29) is 23.6 Å². The van der Waals surface area contributed by atoms with Crippen LogP contribution in [0.5, 0.6) is 0 Å². The van der Waals surface area contributed by atoms with Gasteiger partial charge in [0.2, 0.25) is 5.89 Å². The molecule has 0 spiro atoms. The van der Waals surface area contributed by atoms with Gasteiger partial charge >= 0.3 is 7.60 Å². The van der Waals surface area contributed by atoms with Crippen LogP contribution in [0.15, 0.2) is 10.6 Å². The molecule has 1 aromatic heterocycles. The average molecular weight is 275 g/mol. The van der Waals surface area contributed by atoms with E-state index in [9.17, 15) is 9.46 Å². The van der Waals surface area contributed by atoms with Gasteiger partial charge < -0.3 is 13.8 Å². The Bertz CT molecular complexity index is 436. The summed E-state index contributed by atoms with van der Waals surface area (Å²) < 4.78 is 22.4. The maximum atomic E-state index is 11.8. The van der Waals surface area contributed by atoms with Crippen molar-refractivity contribution < 1.29 is 18.4 Å². The van der Waals surface area contributed by atoms with E-state index in [1.54, 1.807) is 13.1 Å². The zero-order chi connectivity index (χ0) is 14.0. The molecule has 0 saturated carbocycles. The van der Waals surface area contributed by atoms with Gasteiger partial charge in [0.1, 0.15) is 11.9 Å². The largest absolute Gasteiger partial charge is 0.444 e. The van der Waals surface area contributed by atoms with Crippen molar-refractivity contribution >= 4 is 7.60 Å². The molecule has 0 amide bonds. The highest BCUT2D eigenvalue weighted by Gasteiger charge is 2.27. The molecule has 6 heteroatoms. The summed E-state index contributed by atoms with van der Waals surface area (Å²) in [6.45, 7) is 9.63. The van der Waals surface area contributed by atoms with Crippen LogP contribution in [0.2, 0.25) is 0 Å². The average Bonchev–Trinajstić information content (AvgIpc) is 2.63. The minimum atomic E-state index is -3.68. The van der Waals surface area contributed by atoms with Gasteiger partial charge in [0, 0.05) is 5.41 Å². The molecule has 0 saturated heterocycles. The van der Waals surface area contributed by atoms with E-state index >= 15 is 0 Å². The number of aromatic nitrogens is 1. The first kappa shape index (κ1) is 15.4. The fourth-order valence-corrected chi connectivity index (χ4v) is 2.57. The summed E-state index contributed by atoms with van der Waals surface area (Å²) in [4.78, 5) is 13.7. The second kappa shape index (κ2) is 5.55. The second-order valence-electron chi connectivity index (χ2n) is 5.49. The number of nitrogens with zero attached hydrogens (tertiary/aromatic N) is 1. The molecule has 104 valence electrons. The summed E-state index contributed by atoms with van der Waals surface area (Å²) in [6, 6.07) is 0.